The van der Waals surface area contributed by atoms with E-state index in [0.29, 0.717) is 12.2 Å². The molecule has 0 heterocycles. The molecule has 0 radical (unpaired) electrons. The molecule has 0 aliphatic heterocycles. The van der Waals surface area contributed by atoms with Crippen molar-refractivity contribution in [3.63, 3.8) is 0 Å². The van der Waals surface area contributed by atoms with Crippen molar-refractivity contribution in [2.75, 3.05) is 5.75 Å². The molecule has 92 valence electrons. The second kappa shape index (κ2) is 6.22. The highest BCUT2D eigenvalue weighted by molar-refractivity contribution is 8.00. The first-order valence-electron chi connectivity index (χ1n) is 6.14. The molecule has 0 unspecified atom stereocenters. The van der Waals surface area contributed by atoms with Crippen LogP contribution in [0.3, 0.4) is 0 Å². The molecule has 2 nitrogen and oxygen atoms in total. The molecule has 1 aromatic rings. The van der Waals surface area contributed by atoms with Gasteiger partial charge in [-0.25, -0.2) is 0 Å². The van der Waals surface area contributed by atoms with Crippen LogP contribution in [0.5, 0.6) is 0 Å². The summed E-state index contributed by atoms with van der Waals surface area (Å²) >= 11 is 1.59. The Morgan fingerprint density at radius 3 is 2.76 bits per heavy atom. The van der Waals surface area contributed by atoms with Gasteiger partial charge in [-0.05, 0) is 31.4 Å². The Labute approximate surface area is 106 Å². The number of hydrogen-bond acceptors (Lipinski definition) is 3. The largest absolute Gasteiger partial charge is 0.393 e. The molecule has 0 aromatic heterocycles. The molecule has 0 spiro atoms. The summed E-state index contributed by atoms with van der Waals surface area (Å²) < 4.78 is 0. The van der Waals surface area contributed by atoms with E-state index in [2.05, 4.69) is 0 Å². The minimum atomic E-state index is -0.264. The zero-order chi connectivity index (χ0) is 12.1. The van der Waals surface area contributed by atoms with Crippen LogP contribution in [0.1, 0.15) is 25.7 Å². The lowest BCUT2D eigenvalue weighted by molar-refractivity contribution is -0.122. The number of benzene rings is 1. The lowest BCUT2D eigenvalue weighted by Crippen LogP contribution is -2.26. The van der Waals surface area contributed by atoms with Crippen molar-refractivity contribution >= 4 is 17.5 Å². The molecule has 1 fully saturated rings. The van der Waals surface area contributed by atoms with Gasteiger partial charge in [-0.15, -0.1) is 11.8 Å². The second-order valence-corrected chi connectivity index (χ2v) is 5.63. The minimum Gasteiger partial charge on any atom is -0.393 e. The van der Waals surface area contributed by atoms with Crippen LogP contribution in [0.25, 0.3) is 0 Å². The maximum absolute atomic E-state index is 12.0. The summed E-state index contributed by atoms with van der Waals surface area (Å²) in [6.45, 7) is 0. The maximum Gasteiger partial charge on any atom is 0.146 e. The highest BCUT2D eigenvalue weighted by Gasteiger charge is 2.25. The predicted molar refractivity (Wildman–Crippen MR) is 70.1 cm³/mol. The van der Waals surface area contributed by atoms with Gasteiger partial charge in [0.25, 0.3) is 0 Å². The van der Waals surface area contributed by atoms with E-state index in [1.54, 1.807) is 11.8 Å². The highest BCUT2D eigenvalue weighted by atomic mass is 32.2. The Kier molecular flexibility index (Phi) is 4.63. The molecule has 17 heavy (non-hydrogen) atoms. The van der Waals surface area contributed by atoms with E-state index < -0.39 is 0 Å². The van der Waals surface area contributed by atoms with Gasteiger partial charge < -0.3 is 5.11 Å². The van der Waals surface area contributed by atoms with Gasteiger partial charge in [0.1, 0.15) is 5.78 Å². The third-order valence-electron chi connectivity index (χ3n) is 3.23. The Hall–Kier alpha value is -0.800. The molecule has 0 saturated heterocycles. The first kappa shape index (κ1) is 12.7. The Balaban J connectivity index is 1.81. The summed E-state index contributed by atoms with van der Waals surface area (Å²) in [6, 6.07) is 9.99. The molecule has 2 rings (SSSR count). The first-order valence-corrected chi connectivity index (χ1v) is 7.13. The van der Waals surface area contributed by atoms with Crippen LogP contribution in [0.4, 0.5) is 0 Å². The normalized spacial score (nSPS) is 24.5. The quantitative estimate of drug-likeness (QED) is 0.835. The zero-order valence-electron chi connectivity index (χ0n) is 9.84. The molecule has 3 heteroatoms. The summed E-state index contributed by atoms with van der Waals surface area (Å²) in [6.07, 6.45) is 3.18. The molecule has 2 atom stereocenters. The van der Waals surface area contributed by atoms with Crippen molar-refractivity contribution in [3.8, 4) is 0 Å². The standard InChI is InChI=1S/C14H18O2S/c15-12-6-4-5-11(9-12)14(16)10-17-13-7-2-1-3-8-13/h1-3,7-8,11-12,15H,4-6,9-10H2/t11-,12-/m1/s1. The molecule has 1 N–H and O–H groups in total. The van der Waals surface area contributed by atoms with Crippen LogP contribution in [0, 0.1) is 5.92 Å². The Bertz CT molecular complexity index is 364. The predicted octanol–water partition coefficient (Wildman–Crippen LogP) is 2.90. The van der Waals surface area contributed by atoms with Gasteiger partial charge in [-0.1, -0.05) is 24.6 Å². The van der Waals surface area contributed by atoms with E-state index in [4.69, 9.17) is 0 Å². The van der Waals surface area contributed by atoms with Crippen molar-refractivity contribution in [1.82, 2.24) is 0 Å². The first-order chi connectivity index (χ1) is 8.25. The zero-order valence-corrected chi connectivity index (χ0v) is 10.7. The van der Waals surface area contributed by atoms with E-state index in [9.17, 15) is 9.90 Å². The highest BCUT2D eigenvalue weighted by Crippen LogP contribution is 2.27. The number of aliphatic hydroxyl groups is 1. The van der Waals surface area contributed by atoms with Crippen LogP contribution >= 0.6 is 11.8 Å². The van der Waals surface area contributed by atoms with Gasteiger partial charge in [-0.2, -0.15) is 0 Å². The molecule has 1 aliphatic rings. The molecule has 1 saturated carbocycles. The van der Waals surface area contributed by atoms with E-state index in [1.165, 1.54) is 0 Å². The third kappa shape index (κ3) is 3.86. The molecule has 0 bridgehead atoms. The number of ketones is 1. The van der Waals surface area contributed by atoms with E-state index in [-0.39, 0.29) is 17.8 Å². The molecule has 1 aliphatic carbocycles. The number of thioether (sulfide) groups is 1. The summed E-state index contributed by atoms with van der Waals surface area (Å²) in [5.41, 5.74) is 0. The van der Waals surface area contributed by atoms with Gasteiger partial charge in [0, 0.05) is 10.8 Å². The molecule has 1 aromatic carbocycles. The fourth-order valence-corrected chi connectivity index (χ4v) is 3.14. The average molecular weight is 250 g/mol. The van der Waals surface area contributed by atoms with Crippen molar-refractivity contribution in [3.05, 3.63) is 30.3 Å². The summed E-state index contributed by atoms with van der Waals surface area (Å²) in [5.74, 6) is 0.897. The van der Waals surface area contributed by atoms with E-state index in [0.717, 1.165) is 24.2 Å². The number of hydrogen-bond donors (Lipinski definition) is 1. The fourth-order valence-electron chi connectivity index (χ4n) is 2.25. The number of carbonyl (C=O) groups excluding carboxylic acids is 1. The number of rotatable bonds is 4. The van der Waals surface area contributed by atoms with Gasteiger partial charge in [0.2, 0.25) is 0 Å². The van der Waals surface area contributed by atoms with Crippen molar-refractivity contribution in [2.24, 2.45) is 5.92 Å². The van der Waals surface area contributed by atoms with Crippen LogP contribution in [0.15, 0.2) is 35.2 Å². The average Bonchev–Trinajstić information content (AvgIpc) is 2.37. The minimum absolute atomic E-state index is 0.0787. The number of aliphatic hydroxyl groups excluding tert-OH is 1. The number of Topliss-reactive ketones (excluding diaryl/α,β-unsaturated/α-hetero) is 1. The van der Waals surface area contributed by atoms with Crippen molar-refractivity contribution < 1.29 is 9.90 Å². The third-order valence-corrected chi connectivity index (χ3v) is 4.26. The second-order valence-electron chi connectivity index (χ2n) is 4.59. The summed E-state index contributed by atoms with van der Waals surface area (Å²) in [5, 5.41) is 9.55. The van der Waals surface area contributed by atoms with Crippen LogP contribution in [0.2, 0.25) is 0 Å². The Morgan fingerprint density at radius 1 is 1.29 bits per heavy atom. The lowest BCUT2D eigenvalue weighted by atomic mass is 9.85. The molecular formula is C14H18O2S. The monoisotopic (exact) mass is 250 g/mol. The van der Waals surface area contributed by atoms with Crippen LogP contribution in [-0.2, 0) is 4.79 Å². The summed E-state index contributed by atoms with van der Waals surface area (Å²) in [4.78, 5) is 13.1. The lowest BCUT2D eigenvalue weighted by Gasteiger charge is -2.24. The van der Waals surface area contributed by atoms with Gasteiger partial charge in [-0.3, -0.25) is 4.79 Å². The van der Waals surface area contributed by atoms with Crippen molar-refractivity contribution in [2.45, 2.75) is 36.7 Å². The fraction of sp³-hybridized carbons (Fsp3) is 0.500. The van der Waals surface area contributed by atoms with Gasteiger partial charge >= 0.3 is 0 Å². The van der Waals surface area contributed by atoms with Crippen LogP contribution in [-0.4, -0.2) is 22.7 Å². The Morgan fingerprint density at radius 2 is 2.06 bits per heavy atom. The topological polar surface area (TPSA) is 37.3 Å². The van der Waals surface area contributed by atoms with E-state index in [1.807, 2.05) is 30.3 Å². The van der Waals surface area contributed by atoms with Crippen LogP contribution < -0.4 is 0 Å². The maximum atomic E-state index is 12.0. The molecule has 0 amide bonds. The van der Waals surface area contributed by atoms with Gasteiger partial charge in [0.15, 0.2) is 0 Å². The smallest absolute Gasteiger partial charge is 0.146 e. The van der Waals surface area contributed by atoms with Crippen molar-refractivity contribution in [1.29, 1.82) is 0 Å². The summed E-state index contributed by atoms with van der Waals surface area (Å²) in [7, 11) is 0. The molecular weight excluding hydrogens is 232 g/mol. The van der Waals surface area contributed by atoms with Gasteiger partial charge in [0.05, 0.1) is 11.9 Å². The SMILES string of the molecule is O=C(CSc1ccccc1)[C@@H]1CCC[C@@H](O)C1. The number of carbonyl (C=O) groups is 1. The van der Waals surface area contributed by atoms with E-state index >= 15 is 0 Å².